The number of amides is 1. The molecule has 8 nitrogen and oxygen atoms in total. The predicted octanol–water partition coefficient (Wildman–Crippen LogP) is 2.90. The second-order valence-electron chi connectivity index (χ2n) is 7.05. The van der Waals surface area contributed by atoms with E-state index in [1.54, 1.807) is 19.3 Å². The van der Waals surface area contributed by atoms with Crippen LogP contribution in [0.1, 0.15) is 59.0 Å². The molecule has 1 amide bonds. The first-order valence-corrected chi connectivity index (χ1v) is 9.33. The molecule has 0 saturated carbocycles. The largest absolute Gasteiger partial charge is 0.452 e. The summed E-state index contributed by atoms with van der Waals surface area (Å²) in [5, 5.41) is 6.72. The smallest absolute Gasteiger partial charge is 0.344 e. The van der Waals surface area contributed by atoms with Crippen LogP contribution in [0.2, 0.25) is 0 Å². The number of rotatable bonds is 7. The standard InChI is InChI=1S/C21H24N4O4/c1-13(2)19-17(14(3)24-29-19)21(27)28-12-16(26)23-18(15-8-6-5-7-9-15)20-22-10-11-25(20)4/h5-11,13,18H,12H2,1-4H3,(H,23,26). The average molecular weight is 396 g/mol. The van der Waals surface area contributed by atoms with E-state index in [0.717, 1.165) is 5.56 Å². The zero-order valence-corrected chi connectivity index (χ0v) is 16.9. The lowest BCUT2D eigenvalue weighted by atomic mass is 10.1. The van der Waals surface area contributed by atoms with Crippen molar-refractivity contribution < 1.29 is 18.8 Å². The molecule has 0 aliphatic heterocycles. The Morgan fingerprint density at radius 2 is 1.97 bits per heavy atom. The lowest BCUT2D eigenvalue weighted by Crippen LogP contribution is -2.34. The number of benzene rings is 1. The fourth-order valence-corrected chi connectivity index (χ4v) is 3.03. The summed E-state index contributed by atoms with van der Waals surface area (Å²) in [6.07, 6.45) is 3.47. The quantitative estimate of drug-likeness (QED) is 0.617. The van der Waals surface area contributed by atoms with E-state index in [2.05, 4.69) is 15.5 Å². The van der Waals surface area contributed by atoms with Crippen LogP contribution in [0.5, 0.6) is 0 Å². The number of carbonyl (C=O) groups excluding carboxylic acids is 2. The summed E-state index contributed by atoms with van der Waals surface area (Å²) < 4.78 is 12.3. The molecule has 3 rings (SSSR count). The Morgan fingerprint density at radius 3 is 2.59 bits per heavy atom. The van der Waals surface area contributed by atoms with Crippen molar-refractivity contribution in [1.29, 1.82) is 0 Å². The lowest BCUT2D eigenvalue weighted by molar-refractivity contribution is -0.124. The Hall–Kier alpha value is -3.42. The van der Waals surface area contributed by atoms with Crippen molar-refractivity contribution in [3.05, 3.63) is 71.1 Å². The Balaban J connectivity index is 1.71. The van der Waals surface area contributed by atoms with Crippen molar-refractivity contribution in [3.8, 4) is 0 Å². The first kappa shape index (κ1) is 20.3. The Kier molecular flexibility index (Phi) is 6.11. The topological polar surface area (TPSA) is 99.2 Å². The van der Waals surface area contributed by atoms with Gasteiger partial charge in [-0.15, -0.1) is 0 Å². The average Bonchev–Trinajstić information content (AvgIpc) is 3.30. The summed E-state index contributed by atoms with van der Waals surface area (Å²) in [7, 11) is 1.85. The van der Waals surface area contributed by atoms with Crippen LogP contribution in [0.15, 0.2) is 47.2 Å². The molecule has 152 valence electrons. The second kappa shape index (κ2) is 8.72. The molecule has 1 N–H and O–H groups in total. The van der Waals surface area contributed by atoms with E-state index in [0.29, 0.717) is 17.3 Å². The molecule has 0 aliphatic rings. The van der Waals surface area contributed by atoms with Crippen LogP contribution >= 0.6 is 0 Å². The van der Waals surface area contributed by atoms with Gasteiger partial charge >= 0.3 is 5.97 Å². The van der Waals surface area contributed by atoms with Crippen molar-refractivity contribution in [2.24, 2.45) is 7.05 Å². The van der Waals surface area contributed by atoms with E-state index in [1.807, 2.05) is 55.8 Å². The summed E-state index contributed by atoms with van der Waals surface area (Å²) in [6, 6.07) is 9.02. The third kappa shape index (κ3) is 4.53. The van der Waals surface area contributed by atoms with E-state index in [4.69, 9.17) is 9.26 Å². The molecule has 0 aliphatic carbocycles. The summed E-state index contributed by atoms with van der Waals surface area (Å²) in [6.45, 7) is 5.02. The number of nitrogens with one attached hydrogen (secondary N) is 1. The minimum Gasteiger partial charge on any atom is -0.452 e. The summed E-state index contributed by atoms with van der Waals surface area (Å²) >= 11 is 0. The van der Waals surface area contributed by atoms with Gasteiger partial charge in [0.05, 0.1) is 5.69 Å². The number of imidazole rings is 1. The van der Waals surface area contributed by atoms with E-state index >= 15 is 0 Å². The first-order valence-electron chi connectivity index (χ1n) is 9.33. The van der Waals surface area contributed by atoms with Crippen molar-refractivity contribution >= 4 is 11.9 Å². The van der Waals surface area contributed by atoms with Crippen LogP contribution in [0.25, 0.3) is 0 Å². The minimum atomic E-state index is -0.629. The number of aromatic nitrogens is 3. The maximum atomic E-state index is 12.5. The van der Waals surface area contributed by atoms with Gasteiger partial charge in [0.15, 0.2) is 12.4 Å². The Morgan fingerprint density at radius 1 is 1.24 bits per heavy atom. The fourth-order valence-electron chi connectivity index (χ4n) is 3.03. The van der Waals surface area contributed by atoms with Gasteiger partial charge in [0, 0.05) is 25.4 Å². The summed E-state index contributed by atoms with van der Waals surface area (Å²) in [5.74, 6) is 0.0284. The fraction of sp³-hybridized carbons (Fsp3) is 0.333. The van der Waals surface area contributed by atoms with Gasteiger partial charge in [-0.1, -0.05) is 49.3 Å². The molecular weight excluding hydrogens is 372 g/mol. The van der Waals surface area contributed by atoms with E-state index in [-0.39, 0.29) is 11.5 Å². The number of nitrogens with zero attached hydrogens (tertiary/aromatic N) is 3. The normalized spacial score (nSPS) is 12.0. The van der Waals surface area contributed by atoms with Crippen LogP contribution in [0, 0.1) is 6.92 Å². The molecule has 0 bridgehead atoms. The zero-order chi connectivity index (χ0) is 21.0. The van der Waals surface area contributed by atoms with Gasteiger partial charge in [-0.3, -0.25) is 4.79 Å². The number of carbonyl (C=O) groups is 2. The highest BCUT2D eigenvalue weighted by molar-refractivity contribution is 5.93. The Labute approximate surface area is 168 Å². The summed E-state index contributed by atoms with van der Waals surface area (Å²) in [5.41, 5.74) is 1.59. The molecule has 0 spiro atoms. The van der Waals surface area contributed by atoms with E-state index < -0.39 is 24.5 Å². The highest BCUT2D eigenvalue weighted by Crippen LogP contribution is 2.23. The molecule has 0 radical (unpaired) electrons. The number of hydrogen-bond donors (Lipinski definition) is 1. The molecule has 1 unspecified atom stereocenters. The highest BCUT2D eigenvalue weighted by Gasteiger charge is 2.25. The van der Waals surface area contributed by atoms with Crippen LogP contribution in [-0.2, 0) is 16.6 Å². The number of esters is 1. The second-order valence-corrected chi connectivity index (χ2v) is 7.05. The van der Waals surface area contributed by atoms with Crippen molar-refractivity contribution in [3.63, 3.8) is 0 Å². The monoisotopic (exact) mass is 396 g/mol. The van der Waals surface area contributed by atoms with Gasteiger partial charge in [0.1, 0.15) is 17.4 Å². The SMILES string of the molecule is Cc1noc(C(C)C)c1C(=O)OCC(=O)NC(c1ccccc1)c1nccn1C. The van der Waals surface area contributed by atoms with Gasteiger partial charge in [-0.05, 0) is 12.5 Å². The molecule has 8 heteroatoms. The van der Waals surface area contributed by atoms with Crippen molar-refractivity contribution in [1.82, 2.24) is 20.0 Å². The van der Waals surface area contributed by atoms with Crippen LogP contribution in [-0.4, -0.2) is 33.2 Å². The molecular formula is C21H24N4O4. The third-order valence-electron chi connectivity index (χ3n) is 4.51. The predicted molar refractivity (Wildman–Crippen MR) is 105 cm³/mol. The summed E-state index contributed by atoms with van der Waals surface area (Å²) in [4.78, 5) is 29.4. The van der Waals surface area contributed by atoms with Gasteiger partial charge in [-0.2, -0.15) is 0 Å². The molecule has 1 aromatic carbocycles. The highest BCUT2D eigenvalue weighted by atomic mass is 16.5. The Bertz CT molecular complexity index is 991. The molecule has 0 fully saturated rings. The van der Waals surface area contributed by atoms with E-state index in [9.17, 15) is 9.59 Å². The minimum absolute atomic E-state index is 0.0292. The number of ether oxygens (including phenoxy) is 1. The van der Waals surface area contributed by atoms with Crippen LogP contribution < -0.4 is 5.32 Å². The van der Waals surface area contributed by atoms with Gasteiger partial charge in [-0.25, -0.2) is 9.78 Å². The molecule has 2 heterocycles. The van der Waals surface area contributed by atoms with Gasteiger partial charge in [0.25, 0.3) is 5.91 Å². The van der Waals surface area contributed by atoms with Gasteiger partial charge < -0.3 is 19.1 Å². The van der Waals surface area contributed by atoms with Gasteiger partial charge in [0.2, 0.25) is 0 Å². The molecule has 29 heavy (non-hydrogen) atoms. The van der Waals surface area contributed by atoms with Crippen molar-refractivity contribution in [2.45, 2.75) is 32.7 Å². The zero-order valence-electron chi connectivity index (χ0n) is 16.9. The van der Waals surface area contributed by atoms with Crippen LogP contribution in [0.4, 0.5) is 0 Å². The van der Waals surface area contributed by atoms with Crippen LogP contribution in [0.3, 0.4) is 0 Å². The molecule has 2 aromatic heterocycles. The molecule has 3 aromatic rings. The third-order valence-corrected chi connectivity index (χ3v) is 4.51. The first-order chi connectivity index (χ1) is 13.9. The molecule has 0 saturated heterocycles. The lowest BCUT2D eigenvalue weighted by Gasteiger charge is -2.19. The maximum absolute atomic E-state index is 12.5. The van der Waals surface area contributed by atoms with Crippen molar-refractivity contribution in [2.75, 3.05) is 6.61 Å². The number of hydrogen-bond acceptors (Lipinski definition) is 6. The van der Waals surface area contributed by atoms with E-state index in [1.165, 1.54) is 0 Å². The maximum Gasteiger partial charge on any atom is 0.344 e. The molecule has 1 atom stereocenters. The number of aryl methyl sites for hydroxylation is 2.